The fraction of sp³-hybridized carbons (Fsp3) is 0.208. The van der Waals surface area contributed by atoms with Gasteiger partial charge in [-0.1, -0.05) is 79.2 Å². The molecule has 3 aromatic rings. The van der Waals surface area contributed by atoms with Gasteiger partial charge in [0.25, 0.3) is 5.91 Å². The van der Waals surface area contributed by atoms with E-state index >= 15 is 0 Å². The molecule has 1 N–H and O–H groups in total. The van der Waals surface area contributed by atoms with E-state index in [1.807, 2.05) is 42.5 Å². The predicted molar refractivity (Wildman–Crippen MR) is 114 cm³/mol. The molecule has 0 aromatic heterocycles. The van der Waals surface area contributed by atoms with Gasteiger partial charge in [-0.15, -0.1) is 11.8 Å². The Morgan fingerprint density at radius 1 is 0.926 bits per heavy atom. The summed E-state index contributed by atoms with van der Waals surface area (Å²) in [5.41, 5.74) is 4.36. The Hall–Kier alpha value is -2.52. The molecule has 3 rings (SSSR count). The van der Waals surface area contributed by atoms with E-state index in [-0.39, 0.29) is 11.9 Å². The summed E-state index contributed by atoms with van der Waals surface area (Å²) in [5.74, 6) is 0.832. The molecule has 3 heteroatoms. The number of aryl methyl sites for hydroxylation is 1. The van der Waals surface area contributed by atoms with Crippen LogP contribution >= 0.6 is 11.8 Å². The van der Waals surface area contributed by atoms with Crippen molar-refractivity contribution in [1.29, 1.82) is 0 Å². The van der Waals surface area contributed by atoms with Crippen LogP contribution in [-0.4, -0.2) is 5.91 Å². The maximum atomic E-state index is 13.0. The van der Waals surface area contributed by atoms with Gasteiger partial charge in [0.15, 0.2) is 0 Å². The van der Waals surface area contributed by atoms with Crippen molar-refractivity contribution in [2.45, 2.75) is 37.0 Å². The summed E-state index contributed by atoms with van der Waals surface area (Å²) in [7, 11) is 0. The summed E-state index contributed by atoms with van der Waals surface area (Å²) >= 11 is 1.70. The number of hydrogen-bond acceptors (Lipinski definition) is 2. The Bertz CT molecular complexity index is 874. The van der Waals surface area contributed by atoms with Crippen LogP contribution < -0.4 is 5.32 Å². The highest BCUT2D eigenvalue weighted by Gasteiger charge is 2.16. The van der Waals surface area contributed by atoms with Crippen molar-refractivity contribution in [3.05, 3.63) is 101 Å². The van der Waals surface area contributed by atoms with Crippen LogP contribution in [0.2, 0.25) is 0 Å². The maximum absolute atomic E-state index is 13.0. The third-order valence-electron chi connectivity index (χ3n) is 4.56. The first kappa shape index (κ1) is 19.2. The topological polar surface area (TPSA) is 29.1 Å². The van der Waals surface area contributed by atoms with E-state index in [0.717, 1.165) is 28.2 Å². The van der Waals surface area contributed by atoms with Gasteiger partial charge >= 0.3 is 0 Å². The van der Waals surface area contributed by atoms with E-state index in [0.29, 0.717) is 0 Å². The van der Waals surface area contributed by atoms with Gasteiger partial charge in [0, 0.05) is 10.6 Å². The van der Waals surface area contributed by atoms with Crippen molar-refractivity contribution < 1.29 is 4.79 Å². The van der Waals surface area contributed by atoms with Gasteiger partial charge in [0.05, 0.1) is 11.6 Å². The Kier molecular flexibility index (Phi) is 6.72. The standard InChI is InChI=1S/C24H25NOS/c1-3-22(20-15-13-18(2)14-16-20)25-24(26)21-11-7-8-12-23(21)27-17-19-9-5-4-6-10-19/h4-16,22H,3,17H2,1-2H3,(H,25,26)/t22-/m1/s1. The van der Waals surface area contributed by atoms with Crippen molar-refractivity contribution in [2.75, 3.05) is 0 Å². The van der Waals surface area contributed by atoms with E-state index < -0.39 is 0 Å². The second-order valence-electron chi connectivity index (χ2n) is 6.62. The minimum absolute atomic E-state index is 0.0152. The zero-order chi connectivity index (χ0) is 19.1. The largest absolute Gasteiger partial charge is 0.345 e. The predicted octanol–water partition coefficient (Wildman–Crippen LogP) is 6.17. The third-order valence-corrected chi connectivity index (χ3v) is 5.71. The normalized spacial score (nSPS) is 11.8. The first-order valence-corrected chi connectivity index (χ1v) is 10.3. The lowest BCUT2D eigenvalue weighted by Crippen LogP contribution is -2.28. The van der Waals surface area contributed by atoms with Gasteiger partial charge in [0.1, 0.15) is 0 Å². The molecule has 0 heterocycles. The Morgan fingerprint density at radius 3 is 2.30 bits per heavy atom. The van der Waals surface area contributed by atoms with Gasteiger partial charge in [0.2, 0.25) is 0 Å². The fourth-order valence-corrected chi connectivity index (χ4v) is 3.98. The van der Waals surface area contributed by atoms with Gasteiger partial charge in [-0.3, -0.25) is 4.79 Å². The molecule has 1 atom stereocenters. The van der Waals surface area contributed by atoms with E-state index in [1.54, 1.807) is 11.8 Å². The Balaban J connectivity index is 1.73. The smallest absolute Gasteiger partial charge is 0.252 e. The highest BCUT2D eigenvalue weighted by molar-refractivity contribution is 7.98. The van der Waals surface area contributed by atoms with Crippen LogP contribution in [0.15, 0.2) is 83.8 Å². The average Bonchev–Trinajstić information content (AvgIpc) is 2.72. The molecule has 0 saturated heterocycles. The Labute approximate surface area is 166 Å². The third kappa shape index (κ3) is 5.24. The zero-order valence-electron chi connectivity index (χ0n) is 15.8. The Morgan fingerprint density at radius 2 is 1.59 bits per heavy atom. The lowest BCUT2D eigenvalue weighted by Gasteiger charge is -2.19. The molecule has 0 unspecified atom stereocenters. The molecule has 0 saturated carbocycles. The zero-order valence-corrected chi connectivity index (χ0v) is 16.6. The minimum Gasteiger partial charge on any atom is -0.345 e. The summed E-state index contributed by atoms with van der Waals surface area (Å²) in [5, 5.41) is 3.21. The molecule has 0 aliphatic rings. The molecule has 0 spiro atoms. The van der Waals surface area contributed by atoms with Gasteiger partial charge in [-0.2, -0.15) is 0 Å². The highest BCUT2D eigenvalue weighted by atomic mass is 32.2. The lowest BCUT2D eigenvalue weighted by atomic mass is 10.0. The number of hydrogen-bond donors (Lipinski definition) is 1. The summed E-state index contributed by atoms with van der Waals surface area (Å²) in [6, 6.07) is 26.6. The van der Waals surface area contributed by atoms with Crippen LogP contribution in [0, 0.1) is 6.92 Å². The van der Waals surface area contributed by atoms with Crippen LogP contribution in [0.4, 0.5) is 0 Å². The fourth-order valence-electron chi connectivity index (χ4n) is 2.97. The van der Waals surface area contributed by atoms with Crippen molar-refractivity contribution in [3.63, 3.8) is 0 Å². The molecule has 138 valence electrons. The SMILES string of the molecule is CC[C@@H](NC(=O)c1ccccc1SCc1ccccc1)c1ccc(C)cc1. The highest BCUT2D eigenvalue weighted by Crippen LogP contribution is 2.27. The van der Waals surface area contributed by atoms with Crippen molar-refractivity contribution >= 4 is 17.7 Å². The van der Waals surface area contributed by atoms with E-state index in [2.05, 4.69) is 55.6 Å². The molecule has 0 aliphatic heterocycles. The molecule has 0 fully saturated rings. The van der Waals surface area contributed by atoms with Crippen LogP contribution in [0.3, 0.4) is 0 Å². The first-order valence-electron chi connectivity index (χ1n) is 9.30. The second-order valence-corrected chi connectivity index (χ2v) is 7.63. The molecule has 0 bridgehead atoms. The van der Waals surface area contributed by atoms with Crippen molar-refractivity contribution in [3.8, 4) is 0 Å². The summed E-state index contributed by atoms with van der Waals surface area (Å²) in [6.45, 7) is 4.17. The summed E-state index contributed by atoms with van der Waals surface area (Å²) in [6.07, 6.45) is 0.855. The minimum atomic E-state index is -0.0152. The van der Waals surface area contributed by atoms with Crippen LogP contribution in [0.1, 0.15) is 46.4 Å². The van der Waals surface area contributed by atoms with Crippen molar-refractivity contribution in [1.82, 2.24) is 5.32 Å². The van der Waals surface area contributed by atoms with Crippen LogP contribution in [0.25, 0.3) is 0 Å². The number of rotatable bonds is 7. The first-order chi connectivity index (χ1) is 13.2. The number of carbonyl (C=O) groups is 1. The molecule has 0 radical (unpaired) electrons. The molecule has 3 aromatic carbocycles. The number of amides is 1. The molecule has 27 heavy (non-hydrogen) atoms. The monoisotopic (exact) mass is 375 g/mol. The number of benzene rings is 3. The maximum Gasteiger partial charge on any atom is 0.252 e. The van der Waals surface area contributed by atoms with E-state index in [1.165, 1.54) is 11.1 Å². The molecule has 1 amide bonds. The number of thioether (sulfide) groups is 1. The molecule has 2 nitrogen and oxygen atoms in total. The van der Waals surface area contributed by atoms with Gasteiger partial charge < -0.3 is 5.32 Å². The molecule has 0 aliphatic carbocycles. The second kappa shape index (κ2) is 9.43. The van der Waals surface area contributed by atoms with Crippen LogP contribution in [0.5, 0.6) is 0 Å². The summed E-state index contributed by atoms with van der Waals surface area (Å²) < 4.78 is 0. The quantitative estimate of drug-likeness (QED) is 0.500. The molecular formula is C24H25NOS. The van der Waals surface area contributed by atoms with E-state index in [4.69, 9.17) is 0 Å². The summed E-state index contributed by atoms with van der Waals surface area (Å²) in [4.78, 5) is 14.0. The van der Waals surface area contributed by atoms with Gasteiger partial charge in [-0.05, 0) is 36.6 Å². The van der Waals surface area contributed by atoms with Crippen LogP contribution in [-0.2, 0) is 5.75 Å². The van der Waals surface area contributed by atoms with Gasteiger partial charge in [-0.25, -0.2) is 0 Å². The number of nitrogens with one attached hydrogen (secondary N) is 1. The average molecular weight is 376 g/mol. The number of carbonyl (C=O) groups excluding carboxylic acids is 1. The lowest BCUT2D eigenvalue weighted by molar-refractivity contribution is 0.0932. The molecular weight excluding hydrogens is 350 g/mol. The van der Waals surface area contributed by atoms with E-state index in [9.17, 15) is 4.79 Å². The van der Waals surface area contributed by atoms with Crippen molar-refractivity contribution in [2.24, 2.45) is 0 Å².